The summed E-state index contributed by atoms with van der Waals surface area (Å²) in [5, 5.41) is 10.4. The molecule has 0 bridgehead atoms. The number of aryl methyl sites for hydroxylation is 4. The van der Waals surface area contributed by atoms with E-state index >= 15 is 0 Å². The summed E-state index contributed by atoms with van der Waals surface area (Å²) in [6, 6.07) is 15.3. The number of piperidine rings is 1. The average molecular weight is 561 g/mol. The second-order valence-electron chi connectivity index (χ2n) is 13.2. The van der Waals surface area contributed by atoms with Gasteiger partial charge in [0.2, 0.25) is 0 Å². The highest BCUT2D eigenvalue weighted by molar-refractivity contribution is 5.88. The number of benzene rings is 2. The third kappa shape index (κ3) is 7.73. The third-order valence-corrected chi connectivity index (χ3v) is 8.06. The fraction of sp³-hybridized carbons (Fsp3) is 0.486. The molecule has 1 N–H and O–H groups in total. The SMILES string of the molecule is Cc1nc(C)c([C@H](OC(C)(C)C)C(=O)O)c(N2CCC(C)(C)CC2)c1-c1ccc(CCCc2ccc(F)cc2)cc1. The highest BCUT2D eigenvalue weighted by Crippen LogP contribution is 2.44. The maximum Gasteiger partial charge on any atom is 0.337 e. The van der Waals surface area contributed by atoms with Crippen LogP contribution in [0.15, 0.2) is 48.5 Å². The normalized spacial score (nSPS) is 16.0. The number of aromatic nitrogens is 1. The Morgan fingerprint density at radius 1 is 0.976 bits per heavy atom. The topological polar surface area (TPSA) is 62.7 Å². The minimum absolute atomic E-state index is 0.208. The molecule has 220 valence electrons. The van der Waals surface area contributed by atoms with Crippen LogP contribution >= 0.6 is 0 Å². The van der Waals surface area contributed by atoms with Crippen LogP contribution in [0.5, 0.6) is 0 Å². The van der Waals surface area contributed by atoms with Crippen LogP contribution in [0.25, 0.3) is 11.1 Å². The van der Waals surface area contributed by atoms with E-state index in [0.717, 1.165) is 73.3 Å². The van der Waals surface area contributed by atoms with E-state index in [-0.39, 0.29) is 11.2 Å². The number of hydrogen-bond acceptors (Lipinski definition) is 4. The number of hydrogen-bond donors (Lipinski definition) is 1. The van der Waals surface area contributed by atoms with Gasteiger partial charge in [0.1, 0.15) is 5.82 Å². The number of nitrogens with zero attached hydrogens (tertiary/aromatic N) is 2. The Bertz CT molecular complexity index is 1350. The van der Waals surface area contributed by atoms with Crippen molar-refractivity contribution in [3.8, 4) is 11.1 Å². The van der Waals surface area contributed by atoms with Gasteiger partial charge in [-0.3, -0.25) is 4.98 Å². The highest BCUT2D eigenvalue weighted by Gasteiger charge is 2.36. The lowest BCUT2D eigenvalue weighted by Crippen LogP contribution is -2.39. The van der Waals surface area contributed by atoms with E-state index in [1.165, 1.54) is 17.7 Å². The van der Waals surface area contributed by atoms with E-state index in [0.29, 0.717) is 11.3 Å². The van der Waals surface area contributed by atoms with Gasteiger partial charge in [0.25, 0.3) is 0 Å². The van der Waals surface area contributed by atoms with Crippen LogP contribution in [-0.2, 0) is 22.4 Å². The van der Waals surface area contributed by atoms with E-state index in [9.17, 15) is 14.3 Å². The van der Waals surface area contributed by atoms with Crippen molar-refractivity contribution in [3.63, 3.8) is 0 Å². The standard InChI is InChI=1S/C35H45FN2O3/c1-23-29(27-15-11-25(12-16-27)9-8-10-26-13-17-28(36)18-14-26)31(38-21-19-35(6,7)20-22-38)30(24(2)37-23)32(33(39)40)41-34(3,4)5/h11-18,32H,8-10,19-22H2,1-7H3,(H,39,40)/t32-/m0/s1. The first kappa shape index (κ1) is 30.7. The van der Waals surface area contributed by atoms with Gasteiger partial charge in [-0.1, -0.05) is 50.2 Å². The molecular weight excluding hydrogens is 515 g/mol. The van der Waals surface area contributed by atoms with Crippen LogP contribution < -0.4 is 4.90 Å². The molecule has 0 aliphatic carbocycles. The zero-order valence-corrected chi connectivity index (χ0v) is 25.7. The molecule has 4 rings (SSSR count). The van der Waals surface area contributed by atoms with Gasteiger partial charge in [-0.25, -0.2) is 9.18 Å². The number of anilines is 1. The highest BCUT2D eigenvalue weighted by atomic mass is 19.1. The van der Waals surface area contributed by atoms with Crippen LogP contribution in [-0.4, -0.2) is 34.8 Å². The summed E-state index contributed by atoms with van der Waals surface area (Å²) in [4.78, 5) is 19.9. The molecule has 1 fully saturated rings. The van der Waals surface area contributed by atoms with Crippen LogP contribution in [0.2, 0.25) is 0 Å². The third-order valence-electron chi connectivity index (χ3n) is 8.06. The van der Waals surface area contributed by atoms with E-state index < -0.39 is 17.7 Å². The molecule has 1 aromatic heterocycles. The Hall–Kier alpha value is -3.25. The molecule has 6 heteroatoms. The van der Waals surface area contributed by atoms with Gasteiger partial charge in [-0.2, -0.15) is 0 Å². The zero-order valence-electron chi connectivity index (χ0n) is 25.7. The number of halogens is 1. The second kappa shape index (κ2) is 12.3. The quantitative estimate of drug-likeness (QED) is 0.285. The van der Waals surface area contributed by atoms with Gasteiger partial charge < -0.3 is 14.7 Å². The molecular formula is C35H45FN2O3. The van der Waals surface area contributed by atoms with Gasteiger partial charge in [0, 0.05) is 35.6 Å². The van der Waals surface area contributed by atoms with Crippen LogP contribution in [0.4, 0.5) is 10.1 Å². The van der Waals surface area contributed by atoms with Crippen molar-refractivity contribution < 1.29 is 19.0 Å². The zero-order chi connectivity index (χ0) is 29.9. The molecule has 3 aromatic rings. The molecule has 0 saturated carbocycles. The van der Waals surface area contributed by atoms with Crippen LogP contribution in [0.3, 0.4) is 0 Å². The number of carbonyl (C=O) groups is 1. The van der Waals surface area contributed by atoms with Crippen molar-refractivity contribution in [1.82, 2.24) is 4.98 Å². The van der Waals surface area contributed by atoms with Gasteiger partial charge in [-0.15, -0.1) is 0 Å². The summed E-state index contributed by atoms with van der Waals surface area (Å²) < 4.78 is 19.4. The molecule has 41 heavy (non-hydrogen) atoms. The first-order valence-corrected chi connectivity index (χ1v) is 14.7. The van der Waals surface area contributed by atoms with E-state index in [4.69, 9.17) is 9.72 Å². The average Bonchev–Trinajstić information content (AvgIpc) is 2.88. The monoisotopic (exact) mass is 560 g/mol. The fourth-order valence-electron chi connectivity index (χ4n) is 5.74. The molecule has 0 amide bonds. The summed E-state index contributed by atoms with van der Waals surface area (Å²) in [5.74, 6) is -1.21. The van der Waals surface area contributed by atoms with Crippen molar-refractivity contribution in [3.05, 3.63) is 82.4 Å². The van der Waals surface area contributed by atoms with Gasteiger partial charge in [0.05, 0.1) is 11.3 Å². The maximum atomic E-state index is 13.2. The number of rotatable bonds is 9. The summed E-state index contributed by atoms with van der Waals surface area (Å²) in [7, 11) is 0. The molecule has 1 aliphatic rings. The Balaban J connectivity index is 1.71. The lowest BCUT2D eigenvalue weighted by molar-refractivity contribution is -0.160. The van der Waals surface area contributed by atoms with Crippen molar-refractivity contribution in [2.45, 2.75) is 92.3 Å². The lowest BCUT2D eigenvalue weighted by Gasteiger charge is -2.41. The smallest absolute Gasteiger partial charge is 0.337 e. The van der Waals surface area contributed by atoms with Crippen LogP contribution in [0, 0.1) is 25.1 Å². The van der Waals surface area contributed by atoms with Crippen molar-refractivity contribution >= 4 is 11.7 Å². The van der Waals surface area contributed by atoms with Gasteiger partial charge in [-0.05, 0) is 101 Å². The van der Waals surface area contributed by atoms with E-state index in [1.54, 1.807) is 0 Å². The molecule has 1 atom stereocenters. The predicted molar refractivity (Wildman–Crippen MR) is 164 cm³/mol. The van der Waals surface area contributed by atoms with Gasteiger partial charge in [0.15, 0.2) is 6.10 Å². The maximum absolute atomic E-state index is 13.2. The van der Waals surface area contributed by atoms with Crippen molar-refractivity contribution in [2.24, 2.45) is 5.41 Å². The Labute approximate surface area is 244 Å². The molecule has 5 nitrogen and oxygen atoms in total. The van der Waals surface area contributed by atoms with Crippen molar-refractivity contribution in [1.29, 1.82) is 0 Å². The molecule has 1 aliphatic heterocycles. The van der Waals surface area contributed by atoms with E-state index in [1.807, 2.05) is 46.8 Å². The minimum Gasteiger partial charge on any atom is -0.479 e. The summed E-state index contributed by atoms with van der Waals surface area (Å²) in [6.07, 6.45) is 3.71. The lowest BCUT2D eigenvalue weighted by atomic mass is 9.81. The Morgan fingerprint density at radius 2 is 1.51 bits per heavy atom. The molecule has 2 heterocycles. The summed E-state index contributed by atoms with van der Waals surface area (Å²) in [6.45, 7) is 15.9. The summed E-state index contributed by atoms with van der Waals surface area (Å²) >= 11 is 0. The minimum atomic E-state index is -1.13. The number of carboxylic acids is 1. The molecule has 0 unspecified atom stereocenters. The van der Waals surface area contributed by atoms with E-state index in [2.05, 4.69) is 43.0 Å². The molecule has 1 saturated heterocycles. The summed E-state index contributed by atoms with van der Waals surface area (Å²) in [5.41, 5.74) is 7.14. The first-order chi connectivity index (χ1) is 19.2. The number of carboxylic acid groups (broad SMARTS) is 1. The van der Waals surface area contributed by atoms with Gasteiger partial charge >= 0.3 is 5.97 Å². The first-order valence-electron chi connectivity index (χ1n) is 14.7. The number of aliphatic carboxylic acids is 1. The Morgan fingerprint density at radius 3 is 2.02 bits per heavy atom. The predicted octanol–water partition coefficient (Wildman–Crippen LogP) is 8.25. The molecule has 0 spiro atoms. The second-order valence-corrected chi connectivity index (χ2v) is 13.2. The molecule has 0 radical (unpaired) electrons. The molecule has 2 aromatic carbocycles. The van der Waals surface area contributed by atoms with Crippen molar-refractivity contribution in [2.75, 3.05) is 18.0 Å². The number of pyridine rings is 1. The van der Waals surface area contributed by atoms with Crippen LogP contribution in [0.1, 0.15) is 88.1 Å². The largest absolute Gasteiger partial charge is 0.479 e. The number of ether oxygens (including phenoxy) is 1. The Kier molecular flexibility index (Phi) is 9.22. The fourth-order valence-corrected chi connectivity index (χ4v) is 5.74.